The van der Waals surface area contributed by atoms with Crippen molar-refractivity contribution in [1.82, 2.24) is 33.9 Å². The van der Waals surface area contributed by atoms with E-state index in [4.69, 9.17) is 16.9 Å². The average molecular weight is 539 g/mol. The highest BCUT2D eigenvalue weighted by Gasteiger charge is 2.32. The van der Waals surface area contributed by atoms with Crippen LogP contribution in [0.3, 0.4) is 0 Å². The summed E-state index contributed by atoms with van der Waals surface area (Å²) in [6.07, 6.45) is -0.925. The van der Waals surface area contributed by atoms with Gasteiger partial charge in [0.1, 0.15) is 11.8 Å². The van der Waals surface area contributed by atoms with E-state index in [2.05, 4.69) is 20.1 Å². The Balaban J connectivity index is 1.76. The van der Waals surface area contributed by atoms with Gasteiger partial charge in [-0.1, -0.05) is 29.8 Å². The van der Waals surface area contributed by atoms with Crippen LogP contribution in [0.15, 0.2) is 64.6 Å². The zero-order chi connectivity index (χ0) is 27.2. The average Bonchev–Trinajstić information content (AvgIpc) is 3.22. The number of nitrogens with zero attached hydrogens (tertiary/aromatic N) is 8. The Labute approximate surface area is 215 Å². The van der Waals surface area contributed by atoms with Crippen molar-refractivity contribution in [2.24, 2.45) is 7.05 Å². The molecule has 0 spiro atoms. The molecule has 190 valence electrons. The van der Waals surface area contributed by atoms with E-state index in [1.807, 2.05) is 6.07 Å². The van der Waals surface area contributed by atoms with Crippen LogP contribution in [0, 0.1) is 11.3 Å². The molecule has 0 aliphatic carbocycles. The molecule has 0 bridgehead atoms. The molecule has 14 heteroatoms. The van der Waals surface area contributed by atoms with Crippen LogP contribution in [-0.2, 0) is 19.8 Å². The molecule has 0 N–H and O–H groups in total. The van der Waals surface area contributed by atoms with Gasteiger partial charge in [0, 0.05) is 41.8 Å². The lowest BCUT2D eigenvalue weighted by molar-refractivity contribution is -0.141. The van der Waals surface area contributed by atoms with E-state index < -0.39 is 23.1 Å². The SMILES string of the molecule is Cn1c(=O)c(-c2ccc(Cl)cc2)c(-c2cnc(C#N)nc2)c2nn(Cc3ccc(C(F)(F)F)nc3)c(=O)n21. The standard InChI is InChI=1S/C24H14ClF3N8O2/c1-34-22(37)20(14-3-5-16(25)6-4-14)19(15-10-31-18(8-29)32-11-15)21-33-35(23(38)36(21)34)12-13-2-7-17(30-9-13)24(26,27)28/h2-7,9-11H,12H2,1H3. The fraction of sp³-hybridized carbons (Fsp3) is 0.125. The van der Waals surface area contributed by atoms with Crippen molar-refractivity contribution in [3.8, 4) is 28.3 Å². The van der Waals surface area contributed by atoms with E-state index in [1.54, 1.807) is 24.3 Å². The molecule has 0 unspecified atom stereocenters. The molecule has 0 aliphatic heterocycles. The summed E-state index contributed by atoms with van der Waals surface area (Å²) >= 11 is 6.03. The molecular weight excluding hydrogens is 525 g/mol. The quantitative estimate of drug-likeness (QED) is 0.344. The molecule has 0 saturated carbocycles. The van der Waals surface area contributed by atoms with E-state index in [0.717, 1.165) is 26.1 Å². The van der Waals surface area contributed by atoms with Gasteiger partial charge >= 0.3 is 11.9 Å². The molecule has 0 amide bonds. The third kappa shape index (κ3) is 4.31. The number of pyridine rings is 1. The summed E-state index contributed by atoms with van der Waals surface area (Å²) in [6, 6.07) is 10.3. The monoisotopic (exact) mass is 538 g/mol. The molecule has 10 nitrogen and oxygen atoms in total. The molecular formula is C24H14ClF3N8O2. The number of hydrogen-bond donors (Lipinski definition) is 0. The van der Waals surface area contributed by atoms with E-state index in [-0.39, 0.29) is 34.7 Å². The Bertz CT molecular complexity index is 1830. The molecule has 0 aliphatic rings. The minimum atomic E-state index is -4.60. The molecule has 0 saturated heterocycles. The topological polar surface area (TPSA) is 124 Å². The zero-order valence-electron chi connectivity index (χ0n) is 19.3. The molecule has 0 fully saturated rings. The van der Waals surface area contributed by atoms with Crippen LogP contribution in [0.5, 0.6) is 0 Å². The molecule has 4 heterocycles. The van der Waals surface area contributed by atoms with Crippen molar-refractivity contribution in [2.75, 3.05) is 0 Å². The summed E-state index contributed by atoms with van der Waals surface area (Å²) in [5, 5.41) is 13.9. The largest absolute Gasteiger partial charge is 0.433 e. The van der Waals surface area contributed by atoms with E-state index in [1.165, 1.54) is 25.5 Å². The zero-order valence-corrected chi connectivity index (χ0v) is 20.1. The van der Waals surface area contributed by atoms with E-state index in [0.29, 0.717) is 16.1 Å². The molecule has 1 aromatic carbocycles. The number of rotatable bonds is 4. The lowest BCUT2D eigenvalue weighted by Crippen LogP contribution is -2.33. The van der Waals surface area contributed by atoms with Gasteiger partial charge in [0.15, 0.2) is 5.65 Å². The summed E-state index contributed by atoms with van der Waals surface area (Å²) in [5.41, 5.74) is -0.781. The number of fused-ring (bicyclic) bond motifs is 1. The highest BCUT2D eigenvalue weighted by molar-refractivity contribution is 6.30. The first-order chi connectivity index (χ1) is 18.1. The minimum Gasteiger partial charge on any atom is -0.267 e. The summed E-state index contributed by atoms with van der Waals surface area (Å²) in [5.74, 6) is -0.0978. The number of aromatic nitrogens is 7. The van der Waals surface area contributed by atoms with Crippen LogP contribution in [-0.4, -0.2) is 33.9 Å². The second kappa shape index (κ2) is 9.24. The van der Waals surface area contributed by atoms with Gasteiger partial charge < -0.3 is 0 Å². The van der Waals surface area contributed by atoms with Crippen LogP contribution in [0.25, 0.3) is 27.9 Å². The van der Waals surface area contributed by atoms with Crippen LogP contribution in [0.4, 0.5) is 13.2 Å². The van der Waals surface area contributed by atoms with Gasteiger partial charge in [0.05, 0.1) is 12.1 Å². The number of aryl methyl sites for hydroxylation is 1. The summed E-state index contributed by atoms with van der Waals surface area (Å²) in [6.45, 7) is -0.209. The maximum Gasteiger partial charge on any atom is 0.433 e. The highest BCUT2D eigenvalue weighted by Crippen LogP contribution is 2.32. The normalized spacial score (nSPS) is 11.6. The maximum absolute atomic E-state index is 13.6. The summed E-state index contributed by atoms with van der Waals surface area (Å²) < 4.78 is 41.8. The van der Waals surface area contributed by atoms with Crippen LogP contribution in [0.2, 0.25) is 5.02 Å². The number of hydrogen-bond acceptors (Lipinski definition) is 7. The molecule has 0 radical (unpaired) electrons. The maximum atomic E-state index is 13.6. The van der Waals surface area contributed by atoms with Gasteiger partial charge in [0.2, 0.25) is 5.82 Å². The van der Waals surface area contributed by atoms with Gasteiger partial charge in [-0.3, -0.25) is 9.78 Å². The molecule has 38 heavy (non-hydrogen) atoms. The highest BCUT2D eigenvalue weighted by atomic mass is 35.5. The predicted octanol–water partition coefficient (Wildman–Crippen LogP) is 3.31. The van der Waals surface area contributed by atoms with Gasteiger partial charge in [-0.05, 0) is 29.3 Å². The fourth-order valence-corrected chi connectivity index (χ4v) is 4.06. The van der Waals surface area contributed by atoms with Crippen LogP contribution in [0.1, 0.15) is 17.1 Å². The number of benzene rings is 1. The Hall–Kier alpha value is -4.83. The third-order valence-corrected chi connectivity index (χ3v) is 5.97. The first kappa shape index (κ1) is 24.8. The second-order valence-electron chi connectivity index (χ2n) is 8.12. The van der Waals surface area contributed by atoms with Crippen molar-refractivity contribution < 1.29 is 13.2 Å². The molecule has 0 atom stereocenters. The summed E-state index contributed by atoms with van der Waals surface area (Å²) in [7, 11) is 1.39. The fourth-order valence-electron chi connectivity index (χ4n) is 3.93. The first-order valence-electron chi connectivity index (χ1n) is 10.8. The van der Waals surface area contributed by atoms with Crippen molar-refractivity contribution in [3.05, 3.63) is 97.9 Å². The smallest absolute Gasteiger partial charge is 0.267 e. The predicted molar refractivity (Wildman–Crippen MR) is 129 cm³/mol. The van der Waals surface area contributed by atoms with E-state index >= 15 is 0 Å². The van der Waals surface area contributed by atoms with Crippen LogP contribution < -0.4 is 11.2 Å². The van der Waals surface area contributed by atoms with E-state index in [9.17, 15) is 22.8 Å². The van der Waals surface area contributed by atoms with Crippen molar-refractivity contribution in [2.45, 2.75) is 12.7 Å². The summed E-state index contributed by atoms with van der Waals surface area (Å²) in [4.78, 5) is 38.3. The lowest BCUT2D eigenvalue weighted by Gasteiger charge is -2.13. The van der Waals surface area contributed by atoms with Gasteiger partial charge in [-0.15, -0.1) is 5.10 Å². The van der Waals surface area contributed by atoms with Crippen molar-refractivity contribution in [1.29, 1.82) is 5.26 Å². The van der Waals surface area contributed by atoms with Crippen molar-refractivity contribution >= 4 is 17.2 Å². The number of alkyl halides is 3. The minimum absolute atomic E-state index is 0.0650. The Kier molecular flexibility index (Phi) is 6.04. The number of halogens is 4. The third-order valence-electron chi connectivity index (χ3n) is 5.72. The second-order valence-corrected chi connectivity index (χ2v) is 8.55. The van der Waals surface area contributed by atoms with Gasteiger partial charge in [0.25, 0.3) is 5.56 Å². The number of nitriles is 1. The lowest BCUT2D eigenvalue weighted by atomic mass is 9.98. The van der Waals surface area contributed by atoms with Gasteiger partial charge in [-0.2, -0.15) is 22.9 Å². The van der Waals surface area contributed by atoms with Crippen LogP contribution >= 0.6 is 11.6 Å². The molecule has 5 rings (SSSR count). The molecule has 4 aromatic heterocycles. The first-order valence-corrected chi connectivity index (χ1v) is 11.2. The Morgan fingerprint density at radius 3 is 2.21 bits per heavy atom. The Morgan fingerprint density at radius 2 is 1.63 bits per heavy atom. The Morgan fingerprint density at radius 1 is 0.947 bits per heavy atom. The van der Waals surface area contributed by atoms with Crippen molar-refractivity contribution in [3.63, 3.8) is 0 Å². The molecule has 5 aromatic rings. The van der Waals surface area contributed by atoms with Gasteiger partial charge in [-0.25, -0.2) is 24.1 Å².